The number of rotatable bonds is 6. The smallest absolute Gasteiger partial charge is 0.335 e. The van der Waals surface area contributed by atoms with Crippen LogP contribution in [0.3, 0.4) is 0 Å². The van der Waals surface area contributed by atoms with Gasteiger partial charge in [-0.1, -0.05) is 6.07 Å². The molecule has 0 radical (unpaired) electrons. The molecule has 0 unspecified atom stereocenters. The SMILES string of the molecule is CSCCCS(=O)(=O)c1cccc(C(=O)O)c1. The molecule has 0 atom stereocenters. The maximum absolute atomic E-state index is 11.9. The molecular weight excluding hydrogens is 260 g/mol. The average Bonchev–Trinajstić information content (AvgIpc) is 2.29. The molecule has 0 aromatic heterocycles. The number of hydrogen-bond donors (Lipinski definition) is 1. The van der Waals surface area contributed by atoms with E-state index in [0.717, 1.165) is 5.75 Å². The Morgan fingerprint density at radius 2 is 2.12 bits per heavy atom. The van der Waals surface area contributed by atoms with Crippen molar-refractivity contribution in [3.63, 3.8) is 0 Å². The normalized spacial score (nSPS) is 11.4. The molecule has 0 bridgehead atoms. The second kappa shape index (κ2) is 6.07. The minimum absolute atomic E-state index is 0.00376. The van der Waals surface area contributed by atoms with E-state index in [1.165, 1.54) is 24.3 Å². The van der Waals surface area contributed by atoms with Gasteiger partial charge < -0.3 is 5.11 Å². The largest absolute Gasteiger partial charge is 0.478 e. The van der Waals surface area contributed by atoms with E-state index >= 15 is 0 Å². The Morgan fingerprint density at radius 1 is 1.41 bits per heavy atom. The van der Waals surface area contributed by atoms with Gasteiger partial charge >= 0.3 is 5.97 Å². The third-order valence-corrected chi connectivity index (χ3v) is 4.70. The van der Waals surface area contributed by atoms with Gasteiger partial charge in [0.05, 0.1) is 16.2 Å². The van der Waals surface area contributed by atoms with Gasteiger partial charge in [-0.3, -0.25) is 0 Å². The number of benzene rings is 1. The Balaban J connectivity index is 2.91. The Labute approximate surface area is 105 Å². The van der Waals surface area contributed by atoms with Crippen LogP contribution in [0, 0.1) is 0 Å². The molecular formula is C11H14O4S2. The molecule has 0 aliphatic heterocycles. The molecule has 1 N–H and O–H groups in total. The van der Waals surface area contributed by atoms with Crippen LogP contribution < -0.4 is 0 Å². The Bertz CT molecular complexity index is 494. The summed E-state index contributed by atoms with van der Waals surface area (Å²) < 4.78 is 23.8. The highest BCUT2D eigenvalue weighted by molar-refractivity contribution is 7.98. The Hall–Kier alpha value is -1.01. The summed E-state index contributed by atoms with van der Waals surface area (Å²) in [5.41, 5.74) is -0.00376. The molecule has 0 saturated heterocycles. The minimum atomic E-state index is -3.37. The van der Waals surface area contributed by atoms with Crippen LogP contribution >= 0.6 is 11.8 Å². The van der Waals surface area contributed by atoms with Crippen molar-refractivity contribution >= 4 is 27.6 Å². The van der Waals surface area contributed by atoms with Crippen LogP contribution in [-0.2, 0) is 9.84 Å². The molecule has 0 spiro atoms. The summed E-state index contributed by atoms with van der Waals surface area (Å²) in [7, 11) is -3.37. The first kappa shape index (κ1) is 14.1. The first-order valence-corrected chi connectivity index (χ1v) is 8.07. The van der Waals surface area contributed by atoms with E-state index < -0.39 is 15.8 Å². The summed E-state index contributed by atoms with van der Waals surface area (Å²) in [5.74, 6) is -0.291. The predicted octanol–water partition coefficient (Wildman–Crippen LogP) is 1.91. The van der Waals surface area contributed by atoms with Gasteiger partial charge in [0.2, 0.25) is 0 Å². The van der Waals surface area contributed by atoms with E-state index in [2.05, 4.69) is 0 Å². The molecule has 17 heavy (non-hydrogen) atoms. The predicted molar refractivity (Wildman–Crippen MR) is 68.5 cm³/mol. The van der Waals surface area contributed by atoms with Crippen molar-refractivity contribution in [3.8, 4) is 0 Å². The molecule has 1 rings (SSSR count). The molecule has 0 aliphatic carbocycles. The maximum atomic E-state index is 11.9. The number of thioether (sulfide) groups is 1. The van der Waals surface area contributed by atoms with Crippen molar-refractivity contribution in [3.05, 3.63) is 29.8 Å². The van der Waals surface area contributed by atoms with Crippen LogP contribution in [-0.4, -0.2) is 37.3 Å². The first-order chi connectivity index (χ1) is 7.97. The molecule has 0 heterocycles. The van der Waals surface area contributed by atoms with Crippen LogP contribution in [0.4, 0.5) is 0 Å². The third-order valence-electron chi connectivity index (χ3n) is 2.20. The lowest BCUT2D eigenvalue weighted by Crippen LogP contribution is -2.09. The zero-order valence-corrected chi connectivity index (χ0v) is 11.1. The first-order valence-electron chi connectivity index (χ1n) is 5.02. The zero-order chi connectivity index (χ0) is 12.9. The van der Waals surface area contributed by atoms with E-state index in [4.69, 9.17) is 5.11 Å². The summed E-state index contributed by atoms with van der Waals surface area (Å²) in [4.78, 5) is 10.8. The van der Waals surface area contributed by atoms with Crippen LogP contribution in [0.2, 0.25) is 0 Å². The standard InChI is InChI=1S/C11H14O4S2/c1-16-6-3-7-17(14,15)10-5-2-4-9(8-10)11(12)13/h2,4-5,8H,3,6-7H2,1H3,(H,12,13). The van der Waals surface area contributed by atoms with Gasteiger partial charge in [-0.25, -0.2) is 13.2 Å². The van der Waals surface area contributed by atoms with Crippen LogP contribution in [0.15, 0.2) is 29.2 Å². The van der Waals surface area contributed by atoms with Crippen molar-refractivity contribution < 1.29 is 18.3 Å². The molecule has 4 nitrogen and oxygen atoms in total. The Morgan fingerprint density at radius 3 is 2.71 bits per heavy atom. The van der Waals surface area contributed by atoms with Crippen molar-refractivity contribution in [1.29, 1.82) is 0 Å². The highest BCUT2D eigenvalue weighted by Crippen LogP contribution is 2.15. The minimum Gasteiger partial charge on any atom is -0.478 e. The van der Waals surface area contributed by atoms with Gasteiger partial charge in [0.15, 0.2) is 9.84 Å². The maximum Gasteiger partial charge on any atom is 0.335 e. The topological polar surface area (TPSA) is 71.4 Å². The fourth-order valence-electron chi connectivity index (χ4n) is 1.33. The van der Waals surface area contributed by atoms with Gasteiger partial charge in [-0.15, -0.1) is 0 Å². The summed E-state index contributed by atoms with van der Waals surface area (Å²) in [6.45, 7) is 0. The summed E-state index contributed by atoms with van der Waals surface area (Å²) >= 11 is 1.59. The second-order valence-electron chi connectivity index (χ2n) is 3.50. The van der Waals surface area contributed by atoms with Crippen LogP contribution in [0.25, 0.3) is 0 Å². The summed E-state index contributed by atoms with van der Waals surface area (Å²) in [5, 5.41) is 8.79. The molecule has 1 aromatic rings. The van der Waals surface area contributed by atoms with E-state index in [9.17, 15) is 13.2 Å². The Kier molecular flexibility index (Phi) is 5.02. The fraction of sp³-hybridized carbons (Fsp3) is 0.364. The lowest BCUT2D eigenvalue weighted by Gasteiger charge is -2.04. The number of carboxylic acid groups (broad SMARTS) is 1. The number of carbonyl (C=O) groups is 1. The number of hydrogen-bond acceptors (Lipinski definition) is 4. The summed E-state index contributed by atoms with van der Waals surface area (Å²) in [6, 6.07) is 5.46. The molecule has 0 aliphatic rings. The molecule has 0 fully saturated rings. The number of sulfone groups is 1. The van der Waals surface area contributed by atoms with Gasteiger partial charge in [-0.2, -0.15) is 11.8 Å². The molecule has 1 aromatic carbocycles. The van der Waals surface area contributed by atoms with Crippen molar-refractivity contribution in [2.24, 2.45) is 0 Å². The van der Waals surface area contributed by atoms with E-state index in [0.29, 0.717) is 6.42 Å². The molecule has 0 amide bonds. The lowest BCUT2D eigenvalue weighted by molar-refractivity contribution is 0.0696. The fourth-order valence-corrected chi connectivity index (χ4v) is 3.30. The van der Waals surface area contributed by atoms with Gasteiger partial charge in [0, 0.05) is 0 Å². The van der Waals surface area contributed by atoms with Gasteiger partial charge in [-0.05, 0) is 36.6 Å². The molecule has 6 heteroatoms. The van der Waals surface area contributed by atoms with Crippen molar-refractivity contribution in [2.75, 3.05) is 17.8 Å². The zero-order valence-electron chi connectivity index (χ0n) is 9.42. The summed E-state index contributed by atoms with van der Waals surface area (Å²) in [6.07, 6.45) is 2.48. The average molecular weight is 274 g/mol. The highest BCUT2D eigenvalue weighted by atomic mass is 32.2. The molecule has 94 valence electrons. The monoisotopic (exact) mass is 274 g/mol. The molecule has 0 saturated carbocycles. The van der Waals surface area contributed by atoms with Crippen molar-refractivity contribution in [1.82, 2.24) is 0 Å². The van der Waals surface area contributed by atoms with Gasteiger partial charge in [0.1, 0.15) is 0 Å². The van der Waals surface area contributed by atoms with E-state index in [1.807, 2.05) is 6.26 Å². The third kappa shape index (κ3) is 4.05. The van der Waals surface area contributed by atoms with Crippen molar-refractivity contribution in [2.45, 2.75) is 11.3 Å². The highest BCUT2D eigenvalue weighted by Gasteiger charge is 2.15. The quantitative estimate of drug-likeness (QED) is 0.802. The lowest BCUT2D eigenvalue weighted by atomic mass is 10.2. The van der Waals surface area contributed by atoms with E-state index in [1.54, 1.807) is 11.8 Å². The number of aromatic carboxylic acids is 1. The van der Waals surface area contributed by atoms with Crippen LogP contribution in [0.5, 0.6) is 0 Å². The number of carboxylic acids is 1. The van der Waals surface area contributed by atoms with E-state index in [-0.39, 0.29) is 16.2 Å². The van der Waals surface area contributed by atoms with Crippen LogP contribution in [0.1, 0.15) is 16.8 Å². The second-order valence-corrected chi connectivity index (χ2v) is 6.59. The van der Waals surface area contributed by atoms with Gasteiger partial charge in [0.25, 0.3) is 0 Å².